The molecule has 1 aliphatic rings. The van der Waals surface area contributed by atoms with Gasteiger partial charge in [-0.25, -0.2) is 0 Å². The van der Waals surface area contributed by atoms with E-state index in [4.69, 9.17) is 0 Å². The smallest absolute Gasteiger partial charge is 0.0157 e. The summed E-state index contributed by atoms with van der Waals surface area (Å²) < 4.78 is 0. The molecule has 0 aliphatic heterocycles. The van der Waals surface area contributed by atoms with Crippen LogP contribution >= 0.6 is 0 Å². The lowest BCUT2D eigenvalue weighted by Crippen LogP contribution is -2.15. The van der Waals surface area contributed by atoms with Gasteiger partial charge in [0.15, 0.2) is 0 Å². The number of benzene rings is 2. The van der Waals surface area contributed by atoms with Crippen molar-refractivity contribution in [2.45, 2.75) is 97.8 Å². The third-order valence-corrected chi connectivity index (χ3v) is 6.98. The Morgan fingerprint density at radius 2 is 1.43 bits per heavy atom. The Hall–Kier alpha value is -1.56. The Kier molecular flexibility index (Phi) is 7.38. The molecule has 0 amide bonds. The van der Waals surface area contributed by atoms with Crippen LogP contribution in [0.3, 0.4) is 0 Å². The zero-order valence-electron chi connectivity index (χ0n) is 18.9. The topological polar surface area (TPSA) is 0 Å². The van der Waals surface area contributed by atoms with Crippen molar-refractivity contribution < 1.29 is 0 Å². The number of rotatable bonds is 7. The van der Waals surface area contributed by atoms with Gasteiger partial charge in [-0.15, -0.1) is 0 Å². The lowest BCUT2D eigenvalue weighted by Gasteiger charge is -2.31. The first-order chi connectivity index (χ1) is 13.5. The minimum absolute atomic E-state index is 0.594. The van der Waals surface area contributed by atoms with Crippen molar-refractivity contribution in [1.29, 1.82) is 0 Å². The second kappa shape index (κ2) is 9.77. The molecule has 0 spiro atoms. The standard InChI is InChI=1S/C28H40/c1-6-7-8-9-23-10-12-26(13-11-23)28-21(4)18-27(19-22(28)5)25-16-14-24(15-17-25)20(2)3/h14-20,23,26H,6-13H2,1-5H3. The van der Waals surface area contributed by atoms with E-state index >= 15 is 0 Å². The van der Waals surface area contributed by atoms with Gasteiger partial charge >= 0.3 is 0 Å². The zero-order valence-corrected chi connectivity index (χ0v) is 18.9. The van der Waals surface area contributed by atoms with Gasteiger partial charge in [0.1, 0.15) is 0 Å². The molecule has 0 heterocycles. The van der Waals surface area contributed by atoms with Gasteiger partial charge in [-0.3, -0.25) is 0 Å². The Balaban J connectivity index is 1.70. The van der Waals surface area contributed by atoms with Crippen molar-refractivity contribution in [1.82, 2.24) is 0 Å². The van der Waals surface area contributed by atoms with E-state index in [0.717, 1.165) is 11.8 Å². The van der Waals surface area contributed by atoms with Crippen LogP contribution in [0.5, 0.6) is 0 Å². The summed E-state index contributed by atoms with van der Waals surface area (Å²) in [5.41, 5.74) is 8.79. The number of hydrogen-bond donors (Lipinski definition) is 0. The summed E-state index contributed by atoms with van der Waals surface area (Å²) >= 11 is 0. The molecule has 0 aromatic heterocycles. The van der Waals surface area contributed by atoms with E-state index in [1.165, 1.54) is 79.2 Å². The largest absolute Gasteiger partial charge is 0.0654 e. The van der Waals surface area contributed by atoms with Crippen molar-refractivity contribution in [2.24, 2.45) is 5.92 Å². The Morgan fingerprint density at radius 3 is 1.96 bits per heavy atom. The molecule has 1 fully saturated rings. The van der Waals surface area contributed by atoms with Crippen LogP contribution in [-0.4, -0.2) is 0 Å². The average Bonchev–Trinajstić information content (AvgIpc) is 2.69. The molecule has 2 aromatic rings. The maximum absolute atomic E-state index is 2.43. The molecule has 28 heavy (non-hydrogen) atoms. The summed E-state index contributed by atoms with van der Waals surface area (Å²) in [6, 6.07) is 14.0. The van der Waals surface area contributed by atoms with Crippen molar-refractivity contribution in [3.8, 4) is 11.1 Å². The van der Waals surface area contributed by atoms with Crippen molar-refractivity contribution >= 4 is 0 Å². The van der Waals surface area contributed by atoms with Gasteiger partial charge in [0.2, 0.25) is 0 Å². The van der Waals surface area contributed by atoms with E-state index < -0.39 is 0 Å². The minimum Gasteiger partial charge on any atom is -0.0654 e. The molecule has 2 aromatic carbocycles. The van der Waals surface area contributed by atoms with Crippen LogP contribution < -0.4 is 0 Å². The van der Waals surface area contributed by atoms with Gasteiger partial charge in [0.05, 0.1) is 0 Å². The molecule has 0 bridgehead atoms. The summed E-state index contributed by atoms with van der Waals surface area (Å²) in [5.74, 6) is 2.36. The van der Waals surface area contributed by atoms with Crippen molar-refractivity contribution in [3.05, 3.63) is 58.7 Å². The maximum atomic E-state index is 2.43. The van der Waals surface area contributed by atoms with Crippen molar-refractivity contribution in [3.63, 3.8) is 0 Å². The highest BCUT2D eigenvalue weighted by molar-refractivity contribution is 5.67. The predicted octanol–water partition coefficient (Wildman–Crippen LogP) is 8.95. The van der Waals surface area contributed by atoms with Crippen LogP contribution in [0.1, 0.15) is 106 Å². The monoisotopic (exact) mass is 376 g/mol. The lowest BCUT2D eigenvalue weighted by atomic mass is 9.74. The fraction of sp³-hybridized carbons (Fsp3) is 0.571. The van der Waals surface area contributed by atoms with Crippen LogP contribution in [0.2, 0.25) is 0 Å². The molecule has 0 atom stereocenters. The lowest BCUT2D eigenvalue weighted by molar-refractivity contribution is 0.302. The van der Waals surface area contributed by atoms with Crippen LogP contribution in [0.15, 0.2) is 36.4 Å². The van der Waals surface area contributed by atoms with Crippen LogP contribution in [-0.2, 0) is 0 Å². The molecule has 0 N–H and O–H groups in total. The van der Waals surface area contributed by atoms with E-state index in [0.29, 0.717) is 5.92 Å². The SMILES string of the molecule is CCCCCC1CCC(c2c(C)cc(-c3ccc(C(C)C)cc3)cc2C)CC1. The highest BCUT2D eigenvalue weighted by Crippen LogP contribution is 2.41. The quantitative estimate of drug-likeness (QED) is 0.423. The van der Waals surface area contributed by atoms with Gasteiger partial charge < -0.3 is 0 Å². The van der Waals surface area contributed by atoms with Crippen LogP contribution in [0.4, 0.5) is 0 Å². The van der Waals surface area contributed by atoms with E-state index in [-0.39, 0.29) is 0 Å². The Labute approximate surface area is 173 Å². The normalized spacial score (nSPS) is 19.9. The van der Waals surface area contributed by atoms with E-state index in [9.17, 15) is 0 Å². The average molecular weight is 377 g/mol. The summed E-state index contributed by atoms with van der Waals surface area (Å²) in [7, 11) is 0. The Morgan fingerprint density at radius 1 is 0.821 bits per heavy atom. The molecule has 0 saturated heterocycles. The third kappa shape index (κ3) is 5.07. The molecule has 0 heteroatoms. The van der Waals surface area contributed by atoms with Gasteiger partial charge in [0, 0.05) is 0 Å². The first kappa shape index (κ1) is 21.2. The summed E-state index contributed by atoms with van der Waals surface area (Å²) in [5, 5.41) is 0. The molecular weight excluding hydrogens is 336 g/mol. The fourth-order valence-electron chi connectivity index (χ4n) is 5.27. The molecular formula is C28H40. The number of hydrogen-bond acceptors (Lipinski definition) is 0. The highest BCUT2D eigenvalue weighted by Gasteiger charge is 2.24. The number of aryl methyl sites for hydroxylation is 2. The van der Waals surface area contributed by atoms with Crippen LogP contribution in [0, 0.1) is 19.8 Å². The molecule has 1 aliphatic carbocycles. The van der Waals surface area contributed by atoms with Gasteiger partial charge in [-0.1, -0.05) is 82.9 Å². The summed E-state index contributed by atoms with van der Waals surface area (Å²) in [4.78, 5) is 0. The van der Waals surface area contributed by atoms with Crippen LogP contribution in [0.25, 0.3) is 11.1 Å². The van der Waals surface area contributed by atoms with E-state index in [2.05, 4.69) is 71.0 Å². The maximum Gasteiger partial charge on any atom is -0.0157 e. The third-order valence-electron chi connectivity index (χ3n) is 6.98. The van der Waals surface area contributed by atoms with Gasteiger partial charge in [0.25, 0.3) is 0 Å². The van der Waals surface area contributed by atoms with Crippen molar-refractivity contribution in [2.75, 3.05) is 0 Å². The van der Waals surface area contributed by atoms with Gasteiger partial charge in [-0.2, -0.15) is 0 Å². The molecule has 0 unspecified atom stereocenters. The first-order valence-corrected chi connectivity index (χ1v) is 11.7. The second-order valence-corrected chi connectivity index (χ2v) is 9.51. The molecule has 1 saturated carbocycles. The highest BCUT2D eigenvalue weighted by atomic mass is 14.3. The van der Waals surface area contributed by atoms with E-state index in [1.54, 1.807) is 5.56 Å². The minimum atomic E-state index is 0.594. The fourth-order valence-corrected chi connectivity index (χ4v) is 5.27. The Bertz CT molecular complexity index is 719. The van der Waals surface area contributed by atoms with Gasteiger partial charge in [-0.05, 0) is 90.7 Å². The van der Waals surface area contributed by atoms with E-state index in [1.807, 2.05) is 0 Å². The zero-order chi connectivity index (χ0) is 20.1. The molecule has 3 rings (SSSR count). The predicted molar refractivity (Wildman–Crippen MR) is 124 cm³/mol. The molecule has 0 radical (unpaired) electrons. The summed E-state index contributed by atoms with van der Waals surface area (Å²) in [6.07, 6.45) is 11.3. The summed E-state index contributed by atoms with van der Waals surface area (Å²) in [6.45, 7) is 11.5. The molecule has 0 nitrogen and oxygen atoms in total. The second-order valence-electron chi connectivity index (χ2n) is 9.51. The number of unbranched alkanes of at least 4 members (excludes halogenated alkanes) is 2. The first-order valence-electron chi connectivity index (χ1n) is 11.7. The molecule has 152 valence electrons.